The summed E-state index contributed by atoms with van der Waals surface area (Å²) in [5.74, 6) is 1.06. The van der Waals surface area contributed by atoms with Crippen molar-refractivity contribution >= 4 is 11.8 Å². The van der Waals surface area contributed by atoms with Gasteiger partial charge in [0.2, 0.25) is 0 Å². The molecule has 20 heavy (non-hydrogen) atoms. The summed E-state index contributed by atoms with van der Waals surface area (Å²) in [6, 6.07) is 0.728. The Hall–Kier alpha value is -0.590. The monoisotopic (exact) mass is 295 g/mol. The summed E-state index contributed by atoms with van der Waals surface area (Å²) < 4.78 is 0. The number of nitrogens with one attached hydrogen (secondary N) is 3. The number of thioether (sulfide) groups is 1. The molecule has 1 aliphatic heterocycles. The van der Waals surface area contributed by atoms with Gasteiger partial charge in [-0.05, 0) is 57.0 Å². The SMILES string of the molecule is c1n[nH]c(SCCNC2CCC3(CCNCC3)CC2)n1. The van der Waals surface area contributed by atoms with Crippen LogP contribution in [0.3, 0.4) is 0 Å². The lowest BCUT2D eigenvalue weighted by Crippen LogP contribution is -2.43. The molecule has 0 aromatic carbocycles. The van der Waals surface area contributed by atoms with Crippen LogP contribution in [0, 0.1) is 5.41 Å². The van der Waals surface area contributed by atoms with Crippen LogP contribution in [0.15, 0.2) is 11.5 Å². The van der Waals surface area contributed by atoms with E-state index < -0.39 is 0 Å². The molecular weight excluding hydrogens is 270 g/mol. The zero-order chi connectivity index (χ0) is 13.7. The van der Waals surface area contributed by atoms with Crippen molar-refractivity contribution in [1.29, 1.82) is 0 Å². The van der Waals surface area contributed by atoms with Crippen LogP contribution in [-0.2, 0) is 0 Å². The highest BCUT2D eigenvalue weighted by molar-refractivity contribution is 7.99. The highest BCUT2D eigenvalue weighted by atomic mass is 32.2. The lowest BCUT2D eigenvalue weighted by molar-refractivity contribution is 0.116. The molecule has 0 amide bonds. The molecule has 6 heteroatoms. The largest absolute Gasteiger partial charge is 0.317 e. The van der Waals surface area contributed by atoms with E-state index in [1.807, 2.05) is 0 Å². The molecule has 0 unspecified atom stereocenters. The highest BCUT2D eigenvalue weighted by Gasteiger charge is 2.35. The van der Waals surface area contributed by atoms with Crippen LogP contribution < -0.4 is 10.6 Å². The second-order valence-electron chi connectivity index (χ2n) is 6.12. The smallest absolute Gasteiger partial charge is 0.183 e. The van der Waals surface area contributed by atoms with E-state index in [9.17, 15) is 0 Å². The van der Waals surface area contributed by atoms with Crippen LogP contribution in [0.25, 0.3) is 0 Å². The third-order valence-electron chi connectivity index (χ3n) is 4.88. The molecule has 1 saturated heterocycles. The molecule has 1 spiro atoms. The van der Waals surface area contributed by atoms with Crippen LogP contribution >= 0.6 is 11.8 Å². The summed E-state index contributed by atoms with van der Waals surface area (Å²) in [6.07, 6.45) is 9.89. The molecule has 1 aromatic rings. The van der Waals surface area contributed by atoms with Crippen LogP contribution in [0.1, 0.15) is 38.5 Å². The Balaban J connectivity index is 1.32. The minimum Gasteiger partial charge on any atom is -0.317 e. The van der Waals surface area contributed by atoms with Gasteiger partial charge in [0.05, 0.1) is 0 Å². The van der Waals surface area contributed by atoms with Gasteiger partial charge < -0.3 is 10.6 Å². The summed E-state index contributed by atoms with van der Waals surface area (Å²) in [4.78, 5) is 4.12. The van der Waals surface area contributed by atoms with Gasteiger partial charge in [0.15, 0.2) is 5.16 Å². The third kappa shape index (κ3) is 3.74. The molecule has 1 saturated carbocycles. The van der Waals surface area contributed by atoms with Gasteiger partial charge in [-0.1, -0.05) is 11.8 Å². The first-order valence-corrected chi connectivity index (χ1v) is 8.77. The number of H-pyrrole nitrogens is 1. The predicted octanol–water partition coefficient (Wildman–Crippen LogP) is 1.80. The van der Waals surface area contributed by atoms with Crippen LogP contribution in [0.4, 0.5) is 0 Å². The standard InChI is InChI=1S/C14H25N5S/c1-3-14(5-7-15-8-6-14)4-2-12(1)16-9-10-20-13-17-11-18-19-13/h11-12,15-16H,1-10H2,(H,17,18,19). The Morgan fingerprint density at radius 3 is 2.75 bits per heavy atom. The Morgan fingerprint density at radius 1 is 1.25 bits per heavy atom. The molecule has 1 aromatic heterocycles. The number of nitrogens with zero attached hydrogens (tertiary/aromatic N) is 2. The fourth-order valence-electron chi connectivity index (χ4n) is 3.57. The molecule has 0 atom stereocenters. The van der Waals surface area contributed by atoms with Crippen molar-refractivity contribution < 1.29 is 0 Å². The summed E-state index contributed by atoms with van der Waals surface area (Å²) in [5, 5.41) is 14.9. The third-order valence-corrected chi connectivity index (χ3v) is 5.76. The zero-order valence-corrected chi connectivity index (χ0v) is 12.8. The molecule has 2 fully saturated rings. The van der Waals surface area contributed by atoms with Gasteiger partial charge in [-0.3, -0.25) is 5.10 Å². The topological polar surface area (TPSA) is 65.6 Å². The molecule has 2 aliphatic rings. The molecule has 5 nitrogen and oxygen atoms in total. The number of piperidine rings is 1. The van der Waals surface area contributed by atoms with Gasteiger partial charge >= 0.3 is 0 Å². The summed E-state index contributed by atoms with van der Waals surface area (Å²) >= 11 is 1.74. The predicted molar refractivity (Wildman–Crippen MR) is 81.9 cm³/mol. The van der Waals surface area contributed by atoms with Gasteiger partial charge in [-0.25, -0.2) is 4.98 Å². The van der Waals surface area contributed by atoms with Crippen molar-refractivity contribution in [2.75, 3.05) is 25.4 Å². The van der Waals surface area contributed by atoms with Crippen molar-refractivity contribution in [1.82, 2.24) is 25.8 Å². The minimum absolute atomic E-state index is 0.679. The second-order valence-corrected chi connectivity index (χ2v) is 7.20. The average molecular weight is 295 g/mol. The van der Waals surface area contributed by atoms with Gasteiger partial charge in [-0.2, -0.15) is 5.10 Å². The van der Waals surface area contributed by atoms with E-state index in [0.717, 1.165) is 23.5 Å². The van der Waals surface area contributed by atoms with E-state index in [1.54, 1.807) is 18.1 Å². The van der Waals surface area contributed by atoms with E-state index in [4.69, 9.17) is 0 Å². The maximum Gasteiger partial charge on any atom is 0.183 e. The Kier molecular flexibility index (Phi) is 4.96. The number of hydrogen-bond acceptors (Lipinski definition) is 5. The first kappa shape index (κ1) is 14.4. The second kappa shape index (κ2) is 6.91. The fourth-order valence-corrected chi connectivity index (χ4v) is 4.22. The average Bonchev–Trinajstić information content (AvgIpc) is 3.00. The maximum atomic E-state index is 4.12. The first-order chi connectivity index (χ1) is 9.86. The molecule has 1 aliphatic carbocycles. The van der Waals surface area contributed by atoms with Gasteiger partial charge in [0, 0.05) is 18.3 Å². The molecule has 3 N–H and O–H groups in total. The lowest BCUT2D eigenvalue weighted by atomic mass is 9.67. The van der Waals surface area contributed by atoms with E-state index >= 15 is 0 Å². The van der Waals surface area contributed by atoms with Gasteiger partial charge in [0.1, 0.15) is 6.33 Å². The van der Waals surface area contributed by atoms with Crippen molar-refractivity contribution in [2.24, 2.45) is 5.41 Å². The summed E-state index contributed by atoms with van der Waals surface area (Å²) in [6.45, 7) is 3.52. The minimum atomic E-state index is 0.679. The van der Waals surface area contributed by atoms with E-state index in [2.05, 4.69) is 25.8 Å². The Labute approximate surface area is 125 Å². The van der Waals surface area contributed by atoms with Crippen LogP contribution in [-0.4, -0.2) is 46.6 Å². The van der Waals surface area contributed by atoms with Gasteiger partial charge in [-0.15, -0.1) is 0 Å². The Bertz CT molecular complexity index is 378. The Morgan fingerprint density at radius 2 is 2.05 bits per heavy atom. The van der Waals surface area contributed by atoms with Crippen molar-refractivity contribution in [3.63, 3.8) is 0 Å². The zero-order valence-electron chi connectivity index (χ0n) is 12.0. The van der Waals surface area contributed by atoms with Crippen molar-refractivity contribution in [3.8, 4) is 0 Å². The molecule has 112 valence electrons. The molecule has 0 radical (unpaired) electrons. The number of aromatic amines is 1. The van der Waals surface area contributed by atoms with Gasteiger partial charge in [0.25, 0.3) is 0 Å². The van der Waals surface area contributed by atoms with E-state index in [1.165, 1.54) is 51.6 Å². The number of rotatable bonds is 5. The lowest BCUT2D eigenvalue weighted by Gasteiger charge is -2.43. The van der Waals surface area contributed by atoms with Crippen LogP contribution in [0.2, 0.25) is 0 Å². The molecular formula is C14H25N5S. The fraction of sp³-hybridized carbons (Fsp3) is 0.857. The first-order valence-electron chi connectivity index (χ1n) is 7.79. The van der Waals surface area contributed by atoms with Crippen molar-refractivity contribution in [3.05, 3.63) is 6.33 Å². The highest BCUT2D eigenvalue weighted by Crippen LogP contribution is 2.43. The van der Waals surface area contributed by atoms with E-state index in [0.29, 0.717) is 5.41 Å². The normalized spacial score (nSPS) is 23.2. The maximum absolute atomic E-state index is 4.12. The van der Waals surface area contributed by atoms with Crippen LogP contribution in [0.5, 0.6) is 0 Å². The number of hydrogen-bond donors (Lipinski definition) is 3. The molecule has 3 rings (SSSR count). The quantitative estimate of drug-likeness (QED) is 0.571. The molecule has 2 heterocycles. The van der Waals surface area contributed by atoms with Crippen molar-refractivity contribution in [2.45, 2.75) is 49.7 Å². The van der Waals surface area contributed by atoms with E-state index in [-0.39, 0.29) is 0 Å². The number of aromatic nitrogens is 3. The summed E-state index contributed by atoms with van der Waals surface area (Å²) in [5.41, 5.74) is 0.679. The summed E-state index contributed by atoms with van der Waals surface area (Å²) in [7, 11) is 0. The molecule has 0 bridgehead atoms.